The zero-order valence-corrected chi connectivity index (χ0v) is 15.0. The van der Waals surface area contributed by atoms with E-state index in [1.807, 2.05) is 20.8 Å². The molecule has 0 radical (unpaired) electrons. The average molecular weight is 333 g/mol. The van der Waals surface area contributed by atoms with Crippen LogP contribution in [0.15, 0.2) is 10.3 Å². The van der Waals surface area contributed by atoms with Crippen molar-refractivity contribution in [2.24, 2.45) is 5.92 Å². The van der Waals surface area contributed by atoms with E-state index in [0.29, 0.717) is 11.5 Å². The van der Waals surface area contributed by atoms with Gasteiger partial charge in [-0.25, -0.2) is 13.2 Å². The number of aryl methyl sites for hydroxylation is 1. The van der Waals surface area contributed by atoms with Crippen LogP contribution in [-0.4, -0.2) is 38.9 Å². The standard InChI is InChI=1S/C14H23NO4S2/c1-9(2)7-11(4)15(5)21(17,18)13-10(3)8-20-12(13)14(16)19-6/h8-9,11H,7H2,1-6H3. The van der Waals surface area contributed by atoms with Crippen LogP contribution in [0.25, 0.3) is 0 Å². The monoisotopic (exact) mass is 333 g/mol. The first-order chi connectivity index (χ1) is 9.62. The van der Waals surface area contributed by atoms with E-state index in [4.69, 9.17) is 0 Å². The maximum atomic E-state index is 12.8. The Hall–Kier alpha value is -0.920. The van der Waals surface area contributed by atoms with Gasteiger partial charge in [0.05, 0.1) is 7.11 Å². The number of rotatable bonds is 6. The molecule has 0 N–H and O–H groups in total. The number of nitrogens with zero attached hydrogens (tertiary/aromatic N) is 1. The Bertz CT molecular complexity index is 604. The fourth-order valence-electron chi connectivity index (χ4n) is 2.20. The van der Waals surface area contributed by atoms with E-state index in [2.05, 4.69) is 4.74 Å². The lowest BCUT2D eigenvalue weighted by Gasteiger charge is -2.26. The number of hydrogen-bond donors (Lipinski definition) is 0. The van der Waals surface area contributed by atoms with Gasteiger partial charge in [-0.05, 0) is 37.1 Å². The van der Waals surface area contributed by atoms with E-state index in [-0.39, 0.29) is 15.8 Å². The molecule has 120 valence electrons. The summed E-state index contributed by atoms with van der Waals surface area (Å²) in [5, 5.41) is 1.67. The van der Waals surface area contributed by atoms with Crippen molar-refractivity contribution in [1.29, 1.82) is 0 Å². The van der Waals surface area contributed by atoms with Gasteiger partial charge in [-0.15, -0.1) is 11.3 Å². The second-order valence-electron chi connectivity index (χ2n) is 5.57. The van der Waals surface area contributed by atoms with Gasteiger partial charge in [0, 0.05) is 13.1 Å². The molecule has 0 aliphatic heterocycles. The fraction of sp³-hybridized carbons (Fsp3) is 0.643. The molecule has 0 saturated heterocycles. The number of esters is 1. The first kappa shape index (κ1) is 18.1. The van der Waals surface area contributed by atoms with Crippen LogP contribution in [0.2, 0.25) is 0 Å². The van der Waals surface area contributed by atoms with Gasteiger partial charge < -0.3 is 4.74 Å². The quantitative estimate of drug-likeness (QED) is 0.751. The summed E-state index contributed by atoms with van der Waals surface area (Å²) in [6.45, 7) is 7.66. The van der Waals surface area contributed by atoms with Crippen molar-refractivity contribution in [2.75, 3.05) is 14.2 Å². The molecule has 0 saturated carbocycles. The Morgan fingerprint density at radius 2 is 1.95 bits per heavy atom. The van der Waals surface area contributed by atoms with Gasteiger partial charge in [-0.3, -0.25) is 0 Å². The van der Waals surface area contributed by atoms with Crippen LogP contribution >= 0.6 is 11.3 Å². The summed E-state index contributed by atoms with van der Waals surface area (Å²) in [5.74, 6) is -0.224. The van der Waals surface area contributed by atoms with E-state index in [0.717, 1.165) is 17.8 Å². The molecule has 0 amide bonds. The number of thiophene rings is 1. The van der Waals surface area contributed by atoms with E-state index < -0.39 is 16.0 Å². The predicted molar refractivity (Wildman–Crippen MR) is 84.3 cm³/mol. The molecule has 21 heavy (non-hydrogen) atoms. The number of sulfonamides is 1. The number of carbonyl (C=O) groups excluding carboxylic acids is 1. The van der Waals surface area contributed by atoms with Gasteiger partial charge in [0.2, 0.25) is 10.0 Å². The maximum absolute atomic E-state index is 12.8. The van der Waals surface area contributed by atoms with Crippen LogP contribution in [-0.2, 0) is 14.8 Å². The van der Waals surface area contributed by atoms with Gasteiger partial charge in [0.1, 0.15) is 9.77 Å². The molecule has 5 nitrogen and oxygen atoms in total. The number of hydrogen-bond acceptors (Lipinski definition) is 5. The topological polar surface area (TPSA) is 63.7 Å². The summed E-state index contributed by atoms with van der Waals surface area (Å²) in [5.41, 5.74) is 0.573. The molecular weight excluding hydrogens is 310 g/mol. The summed E-state index contributed by atoms with van der Waals surface area (Å²) >= 11 is 1.10. The van der Waals surface area contributed by atoms with Gasteiger partial charge in [0.15, 0.2) is 0 Å². The Balaban J connectivity index is 3.25. The van der Waals surface area contributed by atoms with Gasteiger partial charge in [0.25, 0.3) is 0 Å². The van der Waals surface area contributed by atoms with Crippen molar-refractivity contribution in [2.45, 2.75) is 45.1 Å². The molecule has 0 bridgehead atoms. The van der Waals surface area contributed by atoms with Crippen LogP contribution in [0, 0.1) is 12.8 Å². The summed E-state index contributed by atoms with van der Waals surface area (Å²) < 4.78 is 31.6. The zero-order chi connectivity index (χ0) is 16.4. The van der Waals surface area contributed by atoms with Crippen molar-refractivity contribution in [1.82, 2.24) is 4.31 Å². The SMILES string of the molecule is COC(=O)c1scc(C)c1S(=O)(=O)N(C)C(C)CC(C)C. The third-order valence-electron chi connectivity index (χ3n) is 3.36. The molecule has 0 spiro atoms. The number of carbonyl (C=O) groups is 1. The normalized spacial score (nSPS) is 13.7. The van der Waals surface area contributed by atoms with Crippen molar-refractivity contribution in [3.8, 4) is 0 Å². The first-order valence-electron chi connectivity index (χ1n) is 6.77. The van der Waals surface area contributed by atoms with Crippen LogP contribution in [0.5, 0.6) is 0 Å². The second-order valence-corrected chi connectivity index (χ2v) is 8.38. The Morgan fingerprint density at radius 1 is 1.38 bits per heavy atom. The number of methoxy groups -OCH3 is 1. The second kappa shape index (κ2) is 6.89. The molecule has 0 aromatic carbocycles. The molecular formula is C14H23NO4S2. The minimum Gasteiger partial charge on any atom is -0.465 e. The van der Waals surface area contributed by atoms with E-state index in [9.17, 15) is 13.2 Å². The molecule has 1 aromatic rings. The van der Waals surface area contributed by atoms with Gasteiger partial charge in [-0.2, -0.15) is 4.31 Å². The van der Waals surface area contributed by atoms with Crippen LogP contribution in [0.3, 0.4) is 0 Å². The molecule has 0 fully saturated rings. The van der Waals surface area contributed by atoms with Gasteiger partial charge >= 0.3 is 5.97 Å². The molecule has 1 rings (SSSR count). The van der Waals surface area contributed by atoms with Crippen LogP contribution < -0.4 is 0 Å². The Labute approximate surface area is 131 Å². The predicted octanol–water partition coefficient (Wildman–Crippen LogP) is 2.90. The van der Waals surface area contributed by atoms with E-state index in [1.165, 1.54) is 11.4 Å². The first-order valence-corrected chi connectivity index (χ1v) is 9.09. The maximum Gasteiger partial charge on any atom is 0.349 e. The molecule has 1 atom stereocenters. The van der Waals surface area contributed by atoms with E-state index in [1.54, 1.807) is 19.4 Å². The molecule has 0 aliphatic carbocycles. The molecule has 1 aromatic heterocycles. The molecule has 0 aliphatic rings. The van der Waals surface area contributed by atoms with Crippen LogP contribution in [0.4, 0.5) is 0 Å². The average Bonchev–Trinajstić information content (AvgIpc) is 2.78. The lowest BCUT2D eigenvalue weighted by atomic mass is 10.1. The van der Waals surface area contributed by atoms with Crippen molar-refractivity contribution >= 4 is 27.3 Å². The van der Waals surface area contributed by atoms with Gasteiger partial charge in [-0.1, -0.05) is 13.8 Å². The third kappa shape index (κ3) is 3.84. The summed E-state index contributed by atoms with van der Waals surface area (Å²) in [7, 11) is -0.909. The minimum atomic E-state index is -3.71. The zero-order valence-electron chi connectivity index (χ0n) is 13.3. The van der Waals surface area contributed by atoms with E-state index >= 15 is 0 Å². The summed E-state index contributed by atoms with van der Waals surface area (Å²) in [6, 6.07) is -0.139. The van der Waals surface area contributed by atoms with Crippen molar-refractivity contribution in [3.05, 3.63) is 15.8 Å². The summed E-state index contributed by atoms with van der Waals surface area (Å²) in [6.07, 6.45) is 0.756. The highest BCUT2D eigenvalue weighted by atomic mass is 32.2. The molecule has 1 heterocycles. The highest BCUT2D eigenvalue weighted by molar-refractivity contribution is 7.89. The molecule has 7 heteroatoms. The summed E-state index contributed by atoms with van der Waals surface area (Å²) in [4.78, 5) is 12.0. The van der Waals surface area contributed by atoms with Crippen LogP contribution in [0.1, 0.15) is 42.4 Å². The smallest absolute Gasteiger partial charge is 0.349 e. The van der Waals surface area contributed by atoms with Crippen molar-refractivity contribution in [3.63, 3.8) is 0 Å². The lowest BCUT2D eigenvalue weighted by molar-refractivity contribution is 0.0602. The largest absolute Gasteiger partial charge is 0.465 e. The highest BCUT2D eigenvalue weighted by Gasteiger charge is 2.33. The molecule has 1 unspecified atom stereocenters. The fourth-order valence-corrected chi connectivity index (χ4v) is 5.23. The lowest BCUT2D eigenvalue weighted by Crippen LogP contribution is -2.36. The Morgan fingerprint density at radius 3 is 2.43 bits per heavy atom. The van der Waals surface area contributed by atoms with Crippen molar-refractivity contribution < 1.29 is 17.9 Å². The third-order valence-corrected chi connectivity index (χ3v) is 6.73. The highest BCUT2D eigenvalue weighted by Crippen LogP contribution is 2.31. The Kier molecular flexibility index (Phi) is 5.95. The number of ether oxygens (including phenoxy) is 1. The minimum absolute atomic E-state index is 0.0671.